The molecular formula is C21H29N7O2. The van der Waals surface area contributed by atoms with Gasteiger partial charge in [0.1, 0.15) is 17.5 Å². The van der Waals surface area contributed by atoms with E-state index in [1.54, 1.807) is 4.90 Å². The molecule has 0 atom stereocenters. The molecule has 9 nitrogen and oxygen atoms in total. The monoisotopic (exact) mass is 411 g/mol. The van der Waals surface area contributed by atoms with Gasteiger partial charge in [0.15, 0.2) is 0 Å². The lowest BCUT2D eigenvalue weighted by Gasteiger charge is -2.33. The SMILES string of the molecule is Cc1nc(Nc2cccc(NC(=O)N3CCOCC3)c2)cc(N2CCN(C)CC2)n1. The van der Waals surface area contributed by atoms with Gasteiger partial charge in [0.2, 0.25) is 0 Å². The van der Waals surface area contributed by atoms with Crippen LogP contribution in [-0.4, -0.2) is 85.3 Å². The van der Waals surface area contributed by atoms with Crippen molar-refractivity contribution in [3.63, 3.8) is 0 Å². The number of hydrogen-bond donors (Lipinski definition) is 2. The van der Waals surface area contributed by atoms with Crippen molar-refractivity contribution in [2.75, 3.05) is 75.1 Å². The zero-order valence-electron chi connectivity index (χ0n) is 17.6. The summed E-state index contributed by atoms with van der Waals surface area (Å²) in [6.45, 7) is 8.25. The van der Waals surface area contributed by atoms with Crippen molar-refractivity contribution < 1.29 is 9.53 Å². The topological polar surface area (TPSA) is 85.9 Å². The quantitative estimate of drug-likeness (QED) is 0.797. The molecule has 1 aromatic carbocycles. The summed E-state index contributed by atoms with van der Waals surface area (Å²) in [4.78, 5) is 28.0. The number of amides is 2. The lowest BCUT2D eigenvalue weighted by atomic mass is 10.2. The van der Waals surface area contributed by atoms with Crippen LogP contribution in [0.5, 0.6) is 0 Å². The first-order valence-electron chi connectivity index (χ1n) is 10.4. The highest BCUT2D eigenvalue weighted by molar-refractivity contribution is 5.90. The number of nitrogens with zero attached hydrogens (tertiary/aromatic N) is 5. The van der Waals surface area contributed by atoms with Crippen molar-refractivity contribution in [1.82, 2.24) is 19.8 Å². The highest BCUT2D eigenvalue weighted by Crippen LogP contribution is 2.23. The minimum Gasteiger partial charge on any atom is -0.378 e. The van der Waals surface area contributed by atoms with E-state index in [0.717, 1.165) is 55.0 Å². The van der Waals surface area contributed by atoms with Crippen LogP contribution in [0.15, 0.2) is 30.3 Å². The molecule has 0 saturated carbocycles. The highest BCUT2D eigenvalue weighted by atomic mass is 16.5. The third-order valence-electron chi connectivity index (χ3n) is 5.34. The third-order valence-corrected chi connectivity index (χ3v) is 5.34. The van der Waals surface area contributed by atoms with Crippen molar-refractivity contribution in [3.8, 4) is 0 Å². The summed E-state index contributed by atoms with van der Waals surface area (Å²) in [6, 6.07) is 9.53. The van der Waals surface area contributed by atoms with Crippen molar-refractivity contribution in [1.29, 1.82) is 0 Å². The van der Waals surface area contributed by atoms with Gasteiger partial charge in [0.25, 0.3) is 0 Å². The maximum Gasteiger partial charge on any atom is 0.322 e. The Morgan fingerprint density at radius 1 is 1.00 bits per heavy atom. The maximum absolute atomic E-state index is 12.4. The Labute approximate surface area is 177 Å². The summed E-state index contributed by atoms with van der Waals surface area (Å²) in [6.07, 6.45) is 0. The van der Waals surface area contributed by atoms with Gasteiger partial charge in [-0.25, -0.2) is 14.8 Å². The molecule has 160 valence electrons. The molecule has 3 heterocycles. The van der Waals surface area contributed by atoms with Crippen LogP contribution in [0.25, 0.3) is 0 Å². The van der Waals surface area contributed by atoms with Gasteiger partial charge < -0.3 is 30.1 Å². The number of piperazine rings is 1. The van der Waals surface area contributed by atoms with Gasteiger partial charge in [-0.3, -0.25) is 0 Å². The number of benzene rings is 1. The summed E-state index contributed by atoms with van der Waals surface area (Å²) in [7, 11) is 2.14. The molecular weight excluding hydrogens is 382 g/mol. The van der Waals surface area contributed by atoms with Crippen LogP contribution in [0, 0.1) is 6.92 Å². The Kier molecular flexibility index (Phi) is 6.29. The minimum absolute atomic E-state index is 0.106. The van der Waals surface area contributed by atoms with E-state index < -0.39 is 0 Å². The number of aromatic nitrogens is 2. The molecule has 0 unspecified atom stereocenters. The molecule has 0 radical (unpaired) electrons. The maximum atomic E-state index is 12.4. The van der Waals surface area contributed by atoms with Gasteiger partial charge in [-0.1, -0.05) is 6.07 Å². The first-order chi connectivity index (χ1) is 14.6. The molecule has 4 rings (SSSR count). The molecule has 9 heteroatoms. The molecule has 0 aliphatic carbocycles. The van der Waals surface area contributed by atoms with Crippen molar-refractivity contribution in [2.24, 2.45) is 0 Å². The summed E-state index contributed by atoms with van der Waals surface area (Å²) in [5, 5.41) is 6.32. The molecule has 1 aromatic heterocycles. The Morgan fingerprint density at radius 2 is 1.73 bits per heavy atom. The fraction of sp³-hybridized carbons (Fsp3) is 0.476. The van der Waals surface area contributed by atoms with Crippen molar-refractivity contribution in [2.45, 2.75) is 6.92 Å². The Morgan fingerprint density at radius 3 is 2.50 bits per heavy atom. The van der Waals surface area contributed by atoms with Crippen LogP contribution in [0.4, 0.5) is 27.8 Å². The molecule has 2 fully saturated rings. The van der Waals surface area contributed by atoms with E-state index in [1.165, 1.54) is 0 Å². The van der Waals surface area contributed by atoms with Crippen molar-refractivity contribution >= 4 is 29.0 Å². The van der Waals surface area contributed by atoms with Gasteiger partial charge in [0, 0.05) is 56.7 Å². The molecule has 0 bridgehead atoms. The van der Waals surface area contributed by atoms with Gasteiger partial charge >= 0.3 is 6.03 Å². The number of hydrogen-bond acceptors (Lipinski definition) is 7. The van der Waals surface area contributed by atoms with Crippen LogP contribution in [0.3, 0.4) is 0 Å². The Balaban J connectivity index is 1.44. The second kappa shape index (κ2) is 9.27. The average Bonchev–Trinajstić information content (AvgIpc) is 2.75. The standard InChI is InChI=1S/C21H29N7O2/c1-16-22-19(15-20(23-16)27-8-6-26(2)7-9-27)24-17-4-3-5-18(14-17)25-21(29)28-10-12-30-13-11-28/h3-5,14-15H,6-13H2,1-2H3,(H,25,29)(H,22,23,24). The van der Waals surface area contributed by atoms with Crippen molar-refractivity contribution in [3.05, 3.63) is 36.2 Å². The fourth-order valence-electron chi connectivity index (χ4n) is 3.61. The molecule has 0 spiro atoms. The molecule has 2 saturated heterocycles. The average molecular weight is 412 g/mol. The van der Waals surface area contributed by atoms with Gasteiger partial charge in [0.05, 0.1) is 13.2 Å². The zero-order chi connectivity index (χ0) is 20.9. The molecule has 2 aromatic rings. The summed E-state index contributed by atoms with van der Waals surface area (Å²) < 4.78 is 5.30. The van der Waals surface area contributed by atoms with Gasteiger partial charge in [-0.2, -0.15) is 0 Å². The highest BCUT2D eigenvalue weighted by Gasteiger charge is 2.18. The summed E-state index contributed by atoms with van der Waals surface area (Å²) in [5.74, 6) is 2.41. The lowest BCUT2D eigenvalue weighted by molar-refractivity contribution is 0.0564. The number of nitrogens with one attached hydrogen (secondary N) is 2. The number of aryl methyl sites for hydroxylation is 1. The van der Waals surface area contributed by atoms with Crippen LogP contribution in [-0.2, 0) is 4.74 Å². The van der Waals surface area contributed by atoms with E-state index in [9.17, 15) is 4.79 Å². The second-order valence-corrected chi connectivity index (χ2v) is 7.68. The smallest absolute Gasteiger partial charge is 0.322 e. The van der Waals surface area contributed by atoms with Gasteiger partial charge in [-0.15, -0.1) is 0 Å². The number of ether oxygens (including phenoxy) is 1. The van der Waals surface area contributed by atoms with Crippen LogP contribution >= 0.6 is 0 Å². The van der Waals surface area contributed by atoms with E-state index in [4.69, 9.17) is 4.74 Å². The molecule has 2 aliphatic rings. The lowest BCUT2D eigenvalue weighted by Crippen LogP contribution is -2.44. The van der Waals surface area contributed by atoms with Crippen LogP contribution in [0.1, 0.15) is 5.82 Å². The number of carbonyl (C=O) groups is 1. The van der Waals surface area contributed by atoms with Gasteiger partial charge in [-0.05, 0) is 32.2 Å². The fourth-order valence-corrected chi connectivity index (χ4v) is 3.61. The number of morpholine rings is 1. The predicted molar refractivity (Wildman–Crippen MR) is 118 cm³/mol. The number of rotatable bonds is 4. The largest absolute Gasteiger partial charge is 0.378 e. The van der Waals surface area contributed by atoms with E-state index in [2.05, 4.69) is 37.4 Å². The zero-order valence-corrected chi connectivity index (χ0v) is 17.6. The molecule has 2 N–H and O–H groups in total. The number of carbonyl (C=O) groups excluding carboxylic acids is 1. The number of likely N-dealkylation sites (N-methyl/N-ethyl adjacent to an activating group) is 1. The molecule has 2 aliphatic heterocycles. The van der Waals surface area contributed by atoms with Crippen LogP contribution in [0.2, 0.25) is 0 Å². The molecule has 30 heavy (non-hydrogen) atoms. The molecule has 2 amide bonds. The first kappa shape index (κ1) is 20.4. The normalized spacial score (nSPS) is 17.7. The van der Waals surface area contributed by atoms with E-state index in [1.807, 2.05) is 37.3 Å². The number of anilines is 4. The third kappa shape index (κ3) is 5.17. The first-order valence-corrected chi connectivity index (χ1v) is 10.4. The second-order valence-electron chi connectivity index (χ2n) is 7.68. The predicted octanol–water partition coefficient (Wildman–Crippen LogP) is 2.14. The Bertz CT molecular complexity index is 877. The number of urea groups is 1. The van der Waals surface area contributed by atoms with E-state index in [0.29, 0.717) is 26.3 Å². The Hall–Kier alpha value is -2.91. The summed E-state index contributed by atoms with van der Waals surface area (Å²) in [5.41, 5.74) is 1.60. The van der Waals surface area contributed by atoms with E-state index >= 15 is 0 Å². The minimum atomic E-state index is -0.106. The van der Waals surface area contributed by atoms with E-state index in [-0.39, 0.29) is 6.03 Å². The van der Waals surface area contributed by atoms with Crippen LogP contribution < -0.4 is 15.5 Å². The summed E-state index contributed by atoms with van der Waals surface area (Å²) >= 11 is 0.